The van der Waals surface area contributed by atoms with Crippen LogP contribution in [0.1, 0.15) is 50.7 Å². The Kier molecular flexibility index (Phi) is 7.72. The Morgan fingerprint density at radius 1 is 1.18 bits per heavy atom. The van der Waals surface area contributed by atoms with E-state index in [9.17, 15) is 9.18 Å². The Morgan fingerprint density at radius 2 is 1.91 bits per heavy atom. The molecule has 1 aliphatic rings. The highest BCUT2D eigenvalue weighted by atomic mass is 19.1. The van der Waals surface area contributed by atoms with Crippen molar-refractivity contribution in [1.29, 1.82) is 0 Å². The lowest BCUT2D eigenvalue weighted by atomic mass is 9.93. The minimum absolute atomic E-state index is 0.0309. The number of carbonyl (C=O) groups excluding carboxylic acids is 1. The number of nitrogens with one attached hydrogen (secondary N) is 1. The number of hydrogen-bond donors (Lipinski definition) is 1. The third-order valence-corrected chi connectivity index (χ3v) is 6.01. The molecule has 34 heavy (non-hydrogen) atoms. The molecule has 3 aromatic rings. The molecule has 9 heteroatoms. The fourth-order valence-corrected chi connectivity index (χ4v) is 3.95. The average molecular weight is 468 g/mol. The number of pyridine rings is 1. The van der Waals surface area contributed by atoms with Crippen molar-refractivity contribution < 1.29 is 18.4 Å². The Labute approximate surface area is 198 Å². The van der Waals surface area contributed by atoms with E-state index in [1.807, 2.05) is 32.2 Å². The first-order chi connectivity index (χ1) is 16.5. The van der Waals surface area contributed by atoms with Gasteiger partial charge in [0, 0.05) is 37.3 Å². The summed E-state index contributed by atoms with van der Waals surface area (Å²) in [5, 5.41) is 6.64. The number of rotatable bonds is 8. The van der Waals surface area contributed by atoms with E-state index in [1.54, 1.807) is 12.1 Å². The number of amides is 1. The first-order valence-electron chi connectivity index (χ1n) is 11.7. The van der Waals surface area contributed by atoms with E-state index in [1.165, 1.54) is 12.1 Å². The molecule has 0 atom stereocenters. The molecular formula is C25H30FN5O3. The maximum absolute atomic E-state index is 13.1. The zero-order chi connectivity index (χ0) is 23.9. The molecule has 0 saturated carbocycles. The van der Waals surface area contributed by atoms with Gasteiger partial charge in [-0.1, -0.05) is 31.1 Å². The molecule has 1 amide bonds. The summed E-state index contributed by atoms with van der Waals surface area (Å²) in [5.41, 5.74) is 1.92. The van der Waals surface area contributed by atoms with Gasteiger partial charge in [0.1, 0.15) is 11.6 Å². The summed E-state index contributed by atoms with van der Waals surface area (Å²) in [6, 6.07) is 10.5. The normalized spacial score (nSPS) is 14.4. The Bertz CT molecular complexity index is 1060. The molecule has 0 spiro atoms. The molecule has 1 N–H and O–H groups in total. The maximum Gasteiger partial charge on any atom is 0.407 e. The van der Waals surface area contributed by atoms with E-state index in [0.717, 1.165) is 49.3 Å². The van der Waals surface area contributed by atoms with Gasteiger partial charge >= 0.3 is 6.09 Å². The number of alkyl carbamates (subject to hydrolysis) is 1. The number of hydrogen-bond acceptors (Lipinski definition) is 7. The second-order valence-electron chi connectivity index (χ2n) is 8.83. The van der Waals surface area contributed by atoms with E-state index in [4.69, 9.17) is 9.26 Å². The summed E-state index contributed by atoms with van der Waals surface area (Å²) in [6.07, 6.45) is 4.34. The van der Waals surface area contributed by atoms with Crippen LogP contribution in [0, 0.1) is 11.7 Å². The van der Waals surface area contributed by atoms with Gasteiger partial charge in [-0.2, -0.15) is 4.98 Å². The predicted molar refractivity (Wildman–Crippen MR) is 126 cm³/mol. The smallest absolute Gasteiger partial charge is 0.407 e. The third kappa shape index (κ3) is 6.30. The maximum atomic E-state index is 13.1. The summed E-state index contributed by atoms with van der Waals surface area (Å²) in [4.78, 5) is 23.0. The third-order valence-electron chi connectivity index (χ3n) is 6.01. The van der Waals surface area contributed by atoms with Gasteiger partial charge in [-0.25, -0.2) is 14.2 Å². The highest BCUT2D eigenvalue weighted by Gasteiger charge is 2.20. The van der Waals surface area contributed by atoms with Crippen molar-refractivity contribution in [2.45, 2.75) is 45.6 Å². The number of piperidine rings is 1. The van der Waals surface area contributed by atoms with E-state index < -0.39 is 6.09 Å². The molecule has 1 fully saturated rings. The topological polar surface area (TPSA) is 93.4 Å². The van der Waals surface area contributed by atoms with Crippen LogP contribution in [0.15, 0.2) is 47.1 Å². The molecule has 4 rings (SSSR count). The molecular weight excluding hydrogens is 437 g/mol. The van der Waals surface area contributed by atoms with Gasteiger partial charge in [0.2, 0.25) is 0 Å². The van der Waals surface area contributed by atoms with Crippen molar-refractivity contribution >= 4 is 11.9 Å². The quantitative estimate of drug-likeness (QED) is 0.502. The number of carbonyl (C=O) groups is 1. The fraction of sp³-hybridized carbons (Fsp3) is 0.440. The molecule has 0 radical (unpaired) electrons. The number of aromatic nitrogens is 3. The second kappa shape index (κ2) is 11.1. The molecule has 8 nitrogen and oxygen atoms in total. The molecule has 0 bridgehead atoms. The van der Waals surface area contributed by atoms with E-state index in [-0.39, 0.29) is 18.3 Å². The summed E-state index contributed by atoms with van der Waals surface area (Å²) < 4.78 is 23.3. The standard InChI is InChI=1S/C25H30FN5O3/c1-17(2)24-29-23(34-30-24)16-33-25(32)27-12-9-18-10-13-31(14-11-18)22-8-5-20(15-28-22)19-3-6-21(26)7-4-19/h3-8,15,17-18H,9-14,16H2,1-2H3,(H,27,32). The van der Waals surface area contributed by atoms with Crippen LogP contribution in [0.4, 0.5) is 15.0 Å². The van der Waals surface area contributed by atoms with Gasteiger partial charge in [-0.05, 0) is 55.0 Å². The Balaban J connectivity index is 1.15. The predicted octanol–water partition coefficient (Wildman–Crippen LogP) is 4.93. The largest absolute Gasteiger partial charge is 0.439 e. The van der Waals surface area contributed by atoms with Crippen LogP contribution >= 0.6 is 0 Å². The zero-order valence-electron chi connectivity index (χ0n) is 19.5. The lowest BCUT2D eigenvalue weighted by Gasteiger charge is -2.32. The van der Waals surface area contributed by atoms with Crippen LogP contribution in [0.25, 0.3) is 11.1 Å². The number of ether oxygens (including phenoxy) is 1. The molecule has 1 aliphatic heterocycles. The highest BCUT2D eigenvalue weighted by molar-refractivity contribution is 5.67. The molecule has 2 aromatic heterocycles. The van der Waals surface area contributed by atoms with E-state index in [0.29, 0.717) is 24.2 Å². The lowest BCUT2D eigenvalue weighted by Crippen LogP contribution is -2.35. The fourth-order valence-electron chi connectivity index (χ4n) is 3.95. The van der Waals surface area contributed by atoms with Gasteiger partial charge in [-0.15, -0.1) is 0 Å². The van der Waals surface area contributed by atoms with E-state index >= 15 is 0 Å². The van der Waals surface area contributed by atoms with E-state index in [2.05, 4.69) is 25.3 Å². The van der Waals surface area contributed by atoms with Crippen molar-refractivity contribution in [2.75, 3.05) is 24.5 Å². The Hall–Kier alpha value is -3.49. The summed E-state index contributed by atoms with van der Waals surface area (Å²) in [6.45, 7) is 6.32. The van der Waals surface area contributed by atoms with Crippen LogP contribution in [0.5, 0.6) is 0 Å². The summed E-state index contributed by atoms with van der Waals surface area (Å²) >= 11 is 0. The first-order valence-corrected chi connectivity index (χ1v) is 11.7. The van der Waals surface area contributed by atoms with Crippen LogP contribution in [0.2, 0.25) is 0 Å². The van der Waals surface area contributed by atoms with Crippen LogP contribution in [-0.2, 0) is 11.3 Å². The van der Waals surface area contributed by atoms with Crippen molar-refractivity contribution in [3.05, 3.63) is 60.1 Å². The molecule has 3 heterocycles. The number of halogens is 1. The monoisotopic (exact) mass is 467 g/mol. The van der Waals surface area contributed by atoms with Gasteiger partial charge in [0.05, 0.1) is 0 Å². The molecule has 1 aromatic carbocycles. The highest BCUT2D eigenvalue weighted by Crippen LogP contribution is 2.26. The number of benzene rings is 1. The summed E-state index contributed by atoms with van der Waals surface area (Å²) in [5.74, 6) is 2.31. The minimum atomic E-state index is -0.479. The van der Waals surface area contributed by atoms with Crippen LogP contribution < -0.4 is 10.2 Å². The minimum Gasteiger partial charge on any atom is -0.439 e. The molecule has 180 valence electrons. The first kappa shape index (κ1) is 23.7. The van der Waals surface area contributed by atoms with Gasteiger partial charge < -0.3 is 19.5 Å². The molecule has 0 unspecified atom stereocenters. The van der Waals surface area contributed by atoms with Gasteiger partial charge in [0.15, 0.2) is 12.4 Å². The molecule has 0 aliphatic carbocycles. The average Bonchev–Trinajstić information content (AvgIpc) is 3.34. The number of anilines is 1. The SMILES string of the molecule is CC(C)c1noc(COC(=O)NCCC2CCN(c3ccc(-c4ccc(F)cc4)cn3)CC2)n1. The lowest BCUT2D eigenvalue weighted by molar-refractivity contribution is 0.125. The number of nitrogens with zero attached hydrogens (tertiary/aromatic N) is 4. The Morgan fingerprint density at radius 3 is 2.56 bits per heavy atom. The van der Waals surface area contributed by atoms with Crippen molar-refractivity contribution in [3.63, 3.8) is 0 Å². The second-order valence-corrected chi connectivity index (χ2v) is 8.83. The van der Waals surface area contributed by atoms with Gasteiger partial charge in [-0.3, -0.25) is 0 Å². The molecule has 1 saturated heterocycles. The zero-order valence-corrected chi connectivity index (χ0v) is 19.5. The summed E-state index contributed by atoms with van der Waals surface area (Å²) in [7, 11) is 0. The van der Waals surface area contributed by atoms with Crippen molar-refractivity contribution in [2.24, 2.45) is 5.92 Å². The van der Waals surface area contributed by atoms with Crippen LogP contribution in [-0.4, -0.2) is 40.9 Å². The van der Waals surface area contributed by atoms with Crippen molar-refractivity contribution in [3.8, 4) is 11.1 Å². The van der Waals surface area contributed by atoms with Crippen molar-refractivity contribution in [1.82, 2.24) is 20.4 Å². The van der Waals surface area contributed by atoms with Crippen LogP contribution in [0.3, 0.4) is 0 Å². The van der Waals surface area contributed by atoms with Gasteiger partial charge in [0.25, 0.3) is 5.89 Å².